The molecule has 30 heavy (non-hydrogen) atoms. The zero-order chi connectivity index (χ0) is 21.4. The Morgan fingerprint density at radius 3 is 2.30 bits per heavy atom. The van der Waals surface area contributed by atoms with Gasteiger partial charge in [-0.1, -0.05) is 30.3 Å². The highest BCUT2D eigenvalue weighted by molar-refractivity contribution is 5.16. The number of benzene rings is 1. The molecule has 0 amide bonds. The van der Waals surface area contributed by atoms with Gasteiger partial charge in [0.05, 0.1) is 13.2 Å². The van der Waals surface area contributed by atoms with Gasteiger partial charge in [0.1, 0.15) is 48.8 Å². The maximum atomic E-state index is 10.6. The lowest BCUT2D eigenvalue weighted by Gasteiger charge is -2.48. The second-order valence-electron chi connectivity index (χ2n) is 7.53. The average Bonchev–Trinajstić information content (AvgIpc) is 2.77. The fraction of sp³-hybridized carbons (Fsp3) is 0.684. The van der Waals surface area contributed by atoms with Gasteiger partial charge >= 0.3 is 0 Å². The Balaban J connectivity index is 1.44. The molecule has 3 aliphatic rings. The summed E-state index contributed by atoms with van der Waals surface area (Å²) in [4.78, 5) is 0. The highest BCUT2D eigenvalue weighted by Gasteiger charge is 2.52. The Bertz CT molecular complexity index is 686. The molecule has 3 heterocycles. The summed E-state index contributed by atoms with van der Waals surface area (Å²) in [6.45, 7) is -0.587. The van der Waals surface area contributed by atoms with Crippen molar-refractivity contribution in [3.63, 3.8) is 0 Å². The molecule has 0 saturated carbocycles. The number of fused-ring (bicyclic) bond motifs is 1. The predicted octanol–water partition coefficient (Wildman–Crippen LogP) is -2.64. The molecule has 6 N–H and O–H groups in total. The molecule has 0 spiro atoms. The summed E-state index contributed by atoms with van der Waals surface area (Å²) in [6, 6.07) is 9.10. The molecule has 11 atom stereocenters. The molecule has 11 heteroatoms. The monoisotopic (exact) mass is 430 g/mol. The lowest BCUT2D eigenvalue weighted by molar-refractivity contribution is -0.384. The van der Waals surface area contributed by atoms with E-state index in [9.17, 15) is 30.6 Å². The third-order valence-corrected chi connectivity index (χ3v) is 5.54. The molecular formula is C19H26O11. The number of aliphatic hydroxyl groups is 6. The first-order valence-electron chi connectivity index (χ1n) is 9.70. The van der Waals surface area contributed by atoms with Gasteiger partial charge in [0, 0.05) is 5.56 Å². The van der Waals surface area contributed by atoms with Gasteiger partial charge in [0.2, 0.25) is 0 Å². The van der Waals surface area contributed by atoms with Gasteiger partial charge in [-0.15, -0.1) is 0 Å². The second-order valence-corrected chi connectivity index (χ2v) is 7.53. The van der Waals surface area contributed by atoms with Crippen LogP contribution in [0.4, 0.5) is 0 Å². The van der Waals surface area contributed by atoms with Crippen LogP contribution in [0.2, 0.25) is 0 Å². The molecule has 0 aromatic heterocycles. The van der Waals surface area contributed by atoms with Crippen molar-refractivity contribution in [2.24, 2.45) is 0 Å². The summed E-state index contributed by atoms with van der Waals surface area (Å²) in [5.74, 6) is 0. The number of aliphatic hydroxyl groups excluding tert-OH is 6. The smallest absolute Gasteiger partial charge is 0.187 e. The van der Waals surface area contributed by atoms with Crippen molar-refractivity contribution in [3.05, 3.63) is 35.9 Å². The zero-order valence-electron chi connectivity index (χ0n) is 15.9. The predicted molar refractivity (Wildman–Crippen MR) is 95.5 cm³/mol. The van der Waals surface area contributed by atoms with Crippen molar-refractivity contribution in [1.82, 2.24) is 0 Å². The minimum atomic E-state index is -1.71. The summed E-state index contributed by atoms with van der Waals surface area (Å²) in [5.41, 5.74) is 0.747. The first-order valence-corrected chi connectivity index (χ1v) is 9.70. The highest BCUT2D eigenvalue weighted by atomic mass is 16.8. The number of rotatable bonds is 4. The third-order valence-electron chi connectivity index (χ3n) is 5.54. The Labute approximate surface area is 171 Å². The Hall–Kier alpha value is -1.22. The van der Waals surface area contributed by atoms with Gasteiger partial charge in [-0.3, -0.25) is 0 Å². The van der Waals surface area contributed by atoms with Crippen LogP contribution in [0, 0.1) is 0 Å². The van der Waals surface area contributed by atoms with E-state index >= 15 is 0 Å². The first kappa shape index (κ1) is 22.0. The average molecular weight is 430 g/mol. The number of hydrogen-bond donors (Lipinski definition) is 6. The van der Waals surface area contributed by atoms with Crippen LogP contribution >= 0.6 is 0 Å². The third kappa shape index (κ3) is 4.11. The summed E-state index contributed by atoms with van der Waals surface area (Å²) in [5, 5.41) is 60.2. The largest absolute Gasteiger partial charge is 0.394 e. The molecule has 1 aromatic carbocycles. The summed E-state index contributed by atoms with van der Waals surface area (Å²) >= 11 is 0. The topological polar surface area (TPSA) is 168 Å². The molecule has 3 saturated heterocycles. The van der Waals surface area contributed by atoms with Gasteiger partial charge in [-0.25, -0.2) is 0 Å². The molecule has 11 nitrogen and oxygen atoms in total. The summed E-state index contributed by atoms with van der Waals surface area (Å²) < 4.78 is 27.7. The van der Waals surface area contributed by atoms with Crippen molar-refractivity contribution in [1.29, 1.82) is 0 Å². The van der Waals surface area contributed by atoms with Crippen LogP contribution in [0.3, 0.4) is 0 Å². The minimum Gasteiger partial charge on any atom is -0.394 e. The van der Waals surface area contributed by atoms with Crippen molar-refractivity contribution in [2.75, 3.05) is 13.2 Å². The number of hydrogen-bond acceptors (Lipinski definition) is 11. The lowest BCUT2D eigenvalue weighted by atomic mass is 9.96. The van der Waals surface area contributed by atoms with Crippen molar-refractivity contribution in [3.8, 4) is 0 Å². The molecule has 0 aliphatic carbocycles. The molecule has 168 valence electrons. The molecule has 1 aromatic rings. The van der Waals surface area contributed by atoms with Crippen LogP contribution in [0.5, 0.6) is 0 Å². The van der Waals surface area contributed by atoms with Gasteiger partial charge in [-0.2, -0.15) is 0 Å². The van der Waals surface area contributed by atoms with Crippen molar-refractivity contribution in [2.45, 2.75) is 67.7 Å². The first-order chi connectivity index (χ1) is 14.4. The normalized spacial score (nSPS) is 46.9. The van der Waals surface area contributed by atoms with E-state index in [-0.39, 0.29) is 6.61 Å². The standard InChI is InChI=1S/C19H26O11/c20-6-9-15(11(21)13(23)17(25)27-9)30-19-14(24)12(22)16-10(28-19)7-26-18(29-16)8-4-2-1-3-5-8/h1-5,9-25H,6-7H2/t9?,10?,11?,12?,13?,14?,15-,16-,17-,18?,19+/m1/s1. The highest BCUT2D eigenvalue weighted by Crippen LogP contribution is 2.35. The maximum Gasteiger partial charge on any atom is 0.187 e. The molecule has 0 radical (unpaired) electrons. The molecule has 3 fully saturated rings. The van der Waals surface area contributed by atoms with Crippen LogP contribution in [0.25, 0.3) is 0 Å². The quantitative estimate of drug-likeness (QED) is 0.295. The van der Waals surface area contributed by atoms with Gasteiger partial charge < -0.3 is 54.3 Å². The fourth-order valence-corrected chi connectivity index (χ4v) is 3.86. The van der Waals surface area contributed by atoms with Crippen LogP contribution < -0.4 is 0 Å². The van der Waals surface area contributed by atoms with Gasteiger partial charge in [0.25, 0.3) is 0 Å². The molecule has 4 rings (SSSR count). The Morgan fingerprint density at radius 2 is 1.60 bits per heavy atom. The van der Waals surface area contributed by atoms with E-state index in [1.165, 1.54) is 0 Å². The van der Waals surface area contributed by atoms with Gasteiger partial charge in [0.15, 0.2) is 18.9 Å². The number of ether oxygens (including phenoxy) is 5. The van der Waals surface area contributed by atoms with E-state index in [4.69, 9.17) is 23.7 Å². The van der Waals surface area contributed by atoms with Crippen molar-refractivity contribution < 1.29 is 54.3 Å². The molecule has 0 bridgehead atoms. The molecule has 7 unspecified atom stereocenters. The van der Waals surface area contributed by atoms with Crippen LogP contribution in [-0.4, -0.2) is 105 Å². The van der Waals surface area contributed by atoms with Crippen LogP contribution in [-0.2, 0) is 23.7 Å². The Morgan fingerprint density at radius 1 is 0.867 bits per heavy atom. The Kier molecular flexibility index (Phi) is 6.67. The van der Waals surface area contributed by atoms with E-state index < -0.39 is 74.3 Å². The van der Waals surface area contributed by atoms with Crippen LogP contribution in [0.1, 0.15) is 11.9 Å². The minimum absolute atomic E-state index is 0.0440. The fourth-order valence-electron chi connectivity index (χ4n) is 3.86. The molecule has 3 aliphatic heterocycles. The maximum absolute atomic E-state index is 10.6. The van der Waals surface area contributed by atoms with E-state index in [1.54, 1.807) is 0 Å². The zero-order valence-corrected chi connectivity index (χ0v) is 15.9. The van der Waals surface area contributed by atoms with Gasteiger partial charge in [-0.05, 0) is 0 Å². The lowest BCUT2D eigenvalue weighted by Crippen LogP contribution is -2.65. The second kappa shape index (κ2) is 9.10. The van der Waals surface area contributed by atoms with E-state index in [0.717, 1.165) is 5.56 Å². The van der Waals surface area contributed by atoms with E-state index in [0.29, 0.717) is 0 Å². The summed E-state index contributed by atoms with van der Waals surface area (Å²) in [7, 11) is 0. The van der Waals surface area contributed by atoms with Crippen LogP contribution in [0.15, 0.2) is 30.3 Å². The van der Waals surface area contributed by atoms with E-state index in [1.807, 2.05) is 30.3 Å². The SMILES string of the molecule is OCC1O[C@@H](O)C(O)C(O)[C@@H]1O[C@@H]1OC2COC(c3ccccc3)O[C@H]2C(O)C1O. The van der Waals surface area contributed by atoms with Crippen molar-refractivity contribution >= 4 is 0 Å². The van der Waals surface area contributed by atoms with E-state index in [2.05, 4.69) is 0 Å². The molecular weight excluding hydrogens is 404 g/mol. The summed E-state index contributed by atoms with van der Waals surface area (Å²) in [6.07, 6.45) is -14.3.